The molecule has 7 heteroatoms. The first-order valence-electron chi connectivity index (χ1n) is 5.68. The standard InChI is InChI=1S/C11H22N2O4S/c1-8(7-17-3)13(2)11(16)12-9(10(14)15)5-6-18-4/h8-9H,5-7H2,1-4H3,(H,12,16)(H,14,15)/t8?,9-/m0/s1. The van der Waals surface area contributed by atoms with Crippen LogP contribution in [0, 0.1) is 0 Å². The quantitative estimate of drug-likeness (QED) is 0.689. The lowest BCUT2D eigenvalue weighted by Crippen LogP contribution is -2.50. The number of hydrogen-bond donors (Lipinski definition) is 2. The van der Waals surface area contributed by atoms with Gasteiger partial charge in [0.05, 0.1) is 12.6 Å². The largest absolute Gasteiger partial charge is 0.480 e. The van der Waals surface area contributed by atoms with Crippen molar-refractivity contribution in [3.63, 3.8) is 0 Å². The number of likely N-dealkylation sites (N-methyl/N-ethyl adjacent to an activating group) is 1. The summed E-state index contributed by atoms with van der Waals surface area (Å²) >= 11 is 1.55. The second kappa shape index (κ2) is 9.04. The fourth-order valence-corrected chi connectivity index (χ4v) is 1.77. The summed E-state index contributed by atoms with van der Waals surface area (Å²) in [4.78, 5) is 24.3. The molecule has 0 aliphatic carbocycles. The zero-order valence-electron chi connectivity index (χ0n) is 11.3. The van der Waals surface area contributed by atoms with Gasteiger partial charge in [0.25, 0.3) is 0 Å². The molecule has 0 aromatic rings. The fraction of sp³-hybridized carbons (Fsp3) is 0.818. The molecule has 0 aromatic heterocycles. The fourth-order valence-electron chi connectivity index (χ4n) is 1.30. The number of ether oxygens (including phenoxy) is 1. The minimum atomic E-state index is -1.01. The van der Waals surface area contributed by atoms with Gasteiger partial charge in [-0.1, -0.05) is 0 Å². The molecule has 0 heterocycles. The normalized spacial score (nSPS) is 13.8. The summed E-state index contributed by atoms with van der Waals surface area (Å²) in [6, 6.07) is -1.35. The molecule has 0 aliphatic rings. The number of hydrogen-bond acceptors (Lipinski definition) is 4. The third kappa shape index (κ3) is 6.11. The van der Waals surface area contributed by atoms with Gasteiger partial charge in [-0.05, 0) is 25.4 Å². The molecule has 0 bridgehead atoms. The monoisotopic (exact) mass is 278 g/mol. The van der Waals surface area contributed by atoms with Gasteiger partial charge < -0.3 is 20.1 Å². The van der Waals surface area contributed by atoms with E-state index in [0.717, 1.165) is 0 Å². The Morgan fingerprint density at radius 3 is 2.56 bits per heavy atom. The number of carboxylic acid groups (broad SMARTS) is 1. The third-order valence-corrected chi connectivity index (χ3v) is 3.24. The molecule has 0 saturated heterocycles. The highest BCUT2D eigenvalue weighted by Gasteiger charge is 2.23. The molecule has 6 nitrogen and oxygen atoms in total. The number of carboxylic acids is 1. The number of rotatable bonds is 8. The number of carbonyl (C=O) groups excluding carboxylic acids is 1. The van der Waals surface area contributed by atoms with Crippen molar-refractivity contribution >= 4 is 23.8 Å². The van der Waals surface area contributed by atoms with Gasteiger partial charge in [-0.2, -0.15) is 11.8 Å². The van der Waals surface area contributed by atoms with Crippen LogP contribution in [-0.4, -0.2) is 66.9 Å². The van der Waals surface area contributed by atoms with Crippen LogP contribution in [0.3, 0.4) is 0 Å². The first kappa shape index (κ1) is 17.1. The first-order chi connectivity index (χ1) is 8.43. The van der Waals surface area contributed by atoms with E-state index in [1.165, 1.54) is 4.90 Å². The number of nitrogens with zero attached hydrogens (tertiary/aromatic N) is 1. The minimum Gasteiger partial charge on any atom is -0.480 e. The maximum absolute atomic E-state index is 11.8. The Labute approximate surface area is 112 Å². The Bertz CT molecular complexity index is 276. The van der Waals surface area contributed by atoms with Gasteiger partial charge in [0.1, 0.15) is 6.04 Å². The Kier molecular flexibility index (Phi) is 8.57. The van der Waals surface area contributed by atoms with Crippen molar-refractivity contribution < 1.29 is 19.4 Å². The molecule has 0 aromatic carbocycles. The van der Waals surface area contributed by atoms with Crippen LogP contribution in [0.5, 0.6) is 0 Å². The third-order valence-electron chi connectivity index (χ3n) is 2.60. The van der Waals surface area contributed by atoms with E-state index in [-0.39, 0.29) is 6.04 Å². The lowest BCUT2D eigenvalue weighted by molar-refractivity contribution is -0.139. The van der Waals surface area contributed by atoms with E-state index >= 15 is 0 Å². The van der Waals surface area contributed by atoms with E-state index in [1.807, 2.05) is 13.2 Å². The second-order valence-electron chi connectivity index (χ2n) is 4.04. The molecule has 1 unspecified atom stereocenters. The van der Waals surface area contributed by atoms with E-state index < -0.39 is 18.0 Å². The van der Waals surface area contributed by atoms with Crippen LogP contribution in [0.2, 0.25) is 0 Å². The molecule has 2 N–H and O–H groups in total. The Balaban J connectivity index is 4.35. The first-order valence-corrected chi connectivity index (χ1v) is 7.07. The summed E-state index contributed by atoms with van der Waals surface area (Å²) in [5.41, 5.74) is 0. The van der Waals surface area contributed by atoms with Crippen LogP contribution < -0.4 is 5.32 Å². The smallest absolute Gasteiger partial charge is 0.326 e. The maximum Gasteiger partial charge on any atom is 0.326 e. The minimum absolute atomic E-state index is 0.106. The van der Waals surface area contributed by atoms with Gasteiger partial charge in [-0.3, -0.25) is 0 Å². The Morgan fingerprint density at radius 1 is 1.50 bits per heavy atom. The average Bonchev–Trinajstić information content (AvgIpc) is 2.33. The zero-order chi connectivity index (χ0) is 14.1. The van der Waals surface area contributed by atoms with Gasteiger partial charge in [-0.15, -0.1) is 0 Å². The highest BCUT2D eigenvalue weighted by molar-refractivity contribution is 7.98. The summed E-state index contributed by atoms with van der Waals surface area (Å²) < 4.78 is 4.95. The number of thioether (sulfide) groups is 1. The van der Waals surface area contributed by atoms with Crippen molar-refractivity contribution in [1.29, 1.82) is 0 Å². The lowest BCUT2D eigenvalue weighted by atomic mass is 10.2. The van der Waals surface area contributed by atoms with E-state index in [9.17, 15) is 9.59 Å². The van der Waals surface area contributed by atoms with Crippen molar-refractivity contribution in [1.82, 2.24) is 10.2 Å². The summed E-state index contributed by atoms with van der Waals surface area (Å²) in [6.45, 7) is 2.24. The molecular formula is C11H22N2O4S. The van der Waals surface area contributed by atoms with Crippen molar-refractivity contribution in [3.05, 3.63) is 0 Å². The van der Waals surface area contributed by atoms with Crippen LogP contribution in [0.15, 0.2) is 0 Å². The maximum atomic E-state index is 11.8. The molecule has 0 spiro atoms. The Morgan fingerprint density at radius 2 is 2.11 bits per heavy atom. The van der Waals surface area contributed by atoms with Crippen LogP contribution in [0.25, 0.3) is 0 Å². The molecule has 18 heavy (non-hydrogen) atoms. The Hall–Kier alpha value is -0.950. The van der Waals surface area contributed by atoms with E-state index in [0.29, 0.717) is 18.8 Å². The topological polar surface area (TPSA) is 78.9 Å². The van der Waals surface area contributed by atoms with Crippen LogP contribution in [-0.2, 0) is 9.53 Å². The van der Waals surface area contributed by atoms with E-state index in [4.69, 9.17) is 9.84 Å². The second-order valence-corrected chi connectivity index (χ2v) is 5.02. The number of amides is 2. The highest BCUT2D eigenvalue weighted by atomic mass is 32.2. The summed E-state index contributed by atoms with van der Waals surface area (Å²) in [5, 5.41) is 11.5. The van der Waals surface area contributed by atoms with Gasteiger partial charge in [-0.25, -0.2) is 9.59 Å². The number of urea groups is 1. The van der Waals surface area contributed by atoms with Crippen LogP contribution >= 0.6 is 11.8 Å². The molecule has 0 saturated carbocycles. The number of methoxy groups -OCH3 is 1. The molecule has 0 fully saturated rings. The van der Waals surface area contributed by atoms with Crippen molar-refractivity contribution in [2.75, 3.05) is 32.8 Å². The number of nitrogens with one attached hydrogen (secondary N) is 1. The molecule has 0 aliphatic heterocycles. The van der Waals surface area contributed by atoms with E-state index in [1.54, 1.807) is 25.9 Å². The molecule has 2 amide bonds. The van der Waals surface area contributed by atoms with Gasteiger partial charge in [0, 0.05) is 14.2 Å². The molecule has 0 rings (SSSR count). The lowest BCUT2D eigenvalue weighted by Gasteiger charge is -2.26. The highest BCUT2D eigenvalue weighted by Crippen LogP contribution is 2.03. The number of aliphatic carboxylic acids is 1. The van der Waals surface area contributed by atoms with E-state index in [2.05, 4.69) is 5.32 Å². The molecule has 106 valence electrons. The molecule has 2 atom stereocenters. The predicted octanol–water partition coefficient (Wildman–Crippen LogP) is 0.869. The summed E-state index contributed by atoms with van der Waals surface area (Å²) in [5.74, 6) is -0.320. The summed E-state index contributed by atoms with van der Waals surface area (Å²) in [6.07, 6.45) is 2.31. The van der Waals surface area contributed by atoms with Crippen molar-refractivity contribution in [2.45, 2.75) is 25.4 Å². The van der Waals surface area contributed by atoms with Crippen LogP contribution in [0.1, 0.15) is 13.3 Å². The number of carbonyl (C=O) groups is 2. The SMILES string of the molecule is COCC(C)N(C)C(=O)N[C@@H](CCSC)C(=O)O. The van der Waals surface area contributed by atoms with Gasteiger partial charge in [0.2, 0.25) is 0 Å². The average molecular weight is 278 g/mol. The van der Waals surface area contributed by atoms with Gasteiger partial charge >= 0.3 is 12.0 Å². The van der Waals surface area contributed by atoms with Gasteiger partial charge in [0.15, 0.2) is 0 Å². The molecule has 0 radical (unpaired) electrons. The zero-order valence-corrected chi connectivity index (χ0v) is 12.1. The van der Waals surface area contributed by atoms with Crippen molar-refractivity contribution in [3.8, 4) is 0 Å². The summed E-state index contributed by atoms with van der Waals surface area (Å²) in [7, 11) is 3.17. The van der Waals surface area contributed by atoms with Crippen molar-refractivity contribution in [2.24, 2.45) is 0 Å². The van der Waals surface area contributed by atoms with Crippen LogP contribution in [0.4, 0.5) is 4.79 Å². The molecular weight excluding hydrogens is 256 g/mol. The predicted molar refractivity (Wildman–Crippen MR) is 72.1 cm³/mol.